The van der Waals surface area contributed by atoms with Gasteiger partial charge in [0.2, 0.25) is 0 Å². The van der Waals surface area contributed by atoms with Crippen LogP contribution in [0.15, 0.2) is 24.3 Å². The number of para-hydroxylation sites is 1. The van der Waals surface area contributed by atoms with Gasteiger partial charge in [-0.3, -0.25) is 10.1 Å². The van der Waals surface area contributed by atoms with Gasteiger partial charge in [0.05, 0.1) is 4.92 Å². The Morgan fingerprint density at radius 3 is 2.23 bits per heavy atom. The van der Waals surface area contributed by atoms with Crippen LogP contribution in [-0.4, -0.2) is 33.1 Å². The van der Waals surface area contributed by atoms with Crippen molar-refractivity contribution in [3.63, 3.8) is 0 Å². The van der Waals surface area contributed by atoms with E-state index in [9.17, 15) is 10.1 Å². The van der Waals surface area contributed by atoms with Crippen LogP contribution in [0, 0.1) is 10.1 Å². The maximum absolute atomic E-state index is 10.8. The number of hydrogen-bond acceptors (Lipinski definition) is 5. The molecule has 8 heteroatoms. The van der Waals surface area contributed by atoms with Gasteiger partial charge in [0, 0.05) is 24.2 Å². The van der Waals surface area contributed by atoms with Crippen LogP contribution in [0.2, 0.25) is 0 Å². The van der Waals surface area contributed by atoms with Crippen molar-refractivity contribution >= 4 is 17.6 Å². The predicted octanol–water partition coefficient (Wildman–Crippen LogP) is 1.78. The highest BCUT2D eigenvalue weighted by Crippen LogP contribution is 2.21. The van der Waals surface area contributed by atoms with E-state index < -0.39 is 11.9 Å². The SMILES string of the molecule is O=C(O)C(=O)O.O=[N+]([O-])c1ccccc1CNC1CCCC1. The number of nitro groups is 1. The molecule has 1 aliphatic rings. The average molecular weight is 310 g/mol. The smallest absolute Gasteiger partial charge is 0.414 e. The van der Waals surface area contributed by atoms with Crippen molar-refractivity contribution in [3.8, 4) is 0 Å². The van der Waals surface area contributed by atoms with Crippen LogP contribution in [0.25, 0.3) is 0 Å². The first-order valence-electron chi connectivity index (χ1n) is 6.83. The van der Waals surface area contributed by atoms with Crippen LogP contribution < -0.4 is 5.32 Å². The number of benzene rings is 1. The fraction of sp³-hybridized carbons (Fsp3) is 0.429. The molecule has 2 rings (SSSR count). The highest BCUT2D eigenvalue weighted by Gasteiger charge is 2.17. The molecule has 1 aromatic rings. The number of carboxylic acids is 2. The summed E-state index contributed by atoms with van der Waals surface area (Å²) in [6.07, 6.45) is 4.93. The molecule has 0 saturated heterocycles. The molecule has 0 heterocycles. The number of nitrogens with zero attached hydrogens (tertiary/aromatic N) is 1. The Hall–Kier alpha value is -2.48. The lowest BCUT2D eigenvalue weighted by molar-refractivity contribution is -0.385. The fourth-order valence-electron chi connectivity index (χ4n) is 2.22. The molecule has 8 nitrogen and oxygen atoms in total. The second-order valence-corrected chi connectivity index (χ2v) is 4.86. The Balaban J connectivity index is 0.000000346. The molecule has 0 radical (unpaired) electrons. The van der Waals surface area contributed by atoms with Gasteiger partial charge in [0.25, 0.3) is 5.69 Å². The second kappa shape index (κ2) is 8.73. The summed E-state index contributed by atoms with van der Waals surface area (Å²) < 4.78 is 0. The van der Waals surface area contributed by atoms with Crippen molar-refractivity contribution in [2.45, 2.75) is 38.3 Å². The van der Waals surface area contributed by atoms with Crippen LogP contribution in [0.5, 0.6) is 0 Å². The molecule has 22 heavy (non-hydrogen) atoms. The van der Waals surface area contributed by atoms with Gasteiger partial charge < -0.3 is 15.5 Å². The highest BCUT2D eigenvalue weighted by atomic mass is 16.6. The molecule has 0 aliphatic heterocycles. The molecule has 1 fully saturated rings. The van der Waals surface area contributed by atoms with E-state index >= 15 is 0 Å². The molecule has 0 atom stereocenters. The van der Waals surface area contributed by atoms with E-state index in [2.05, 4.69) is 5.32 Å². The van der Waals surface area contributed by atoms with Crippen molar-refractivity contribution in [2.75, 3.05) is 0 Å². The molecule has 0 unspecified atom stereocenters. The average Bonchev–Trinajstić information content (AvgIpc) is 2.99. The van der Waals surface area contributed by atoms with Crippen molar-refractivity contribution in [1.82, 2.24) is 5.32 Å². The molecule has 1 aromatic carbocycles. The zero-order valence-electron chi connectivity index (χ0n) is 11.9. The van der Waals surface area contributed by atoms with Gasteiger partial charge in [-0.25, -0.2) is 9.59 Å². The number of nitro benzene ring substituents is 1. The minimum atomic E-state index is -1.82. The molecule has 0 aromatic heterocycles. The first-order chi connectivity index (χ1) is 10.4. The summed E-state index contributed by atoms with van der Waals surface area (Å²) >= 11 is 0. The molecule has 0 bridgehead atoms. The molecule has 120 valence electrons. The lowest BCUT2D eigenvalue weighted by atomic mass is 10.1. The number of nitrogens with one attached hydrogen (secondary N) is 1. The van der Waals surface area contributed by atoms with Crippen molar-refractivity contribution in [2.24, 2.45) is 0 Å². The predicted molar refractivity (Wildman–Crippen MR) is 77.5 cm³/mol. The van der Waals surface area contributed by atoms with Crippen molar-refractivity contribution < 1.29 is 24.7 Å². The Labute approximate surface area is 126 Å². The van der Waals surface area contributed by atoms with Gasteiger partial charge in [-0.1, -0.05) is 31.0 Å². The van der Waals surface area contributed by atoms with E-state index in [-0.39, 0.29) is 10.6 Å². The zero-order chi connectivity index (χ0) is 16.5. The third kappa shape index (κ3) is 5.88. The summed E-state index contributed by atoms with van der Waals surface area (Å²) in [5.74, 6) is -3.65. The van der Waals surface area contributed by atoms with Gasteiger partial charge >= 0.3 is 11.9 Å². The quantitative estimate of drug-likeness (QED) is 0.439. The van der Waals surface area contributed by atoms with E-state index in [4.69, 9.17) is 19.8 Å². The lowest BCUT2D eigenvalue weighted by Crippen LogP contribution is -2.25. The Kier molecular flexibility index (Phi) is 6.97. The van der Waals surface area contributed by atoms with Crippen LogP contribution in [0.3, 0.4) is 0 Å². The third-order valence-electron chi connectivity index (χ3n) is 3.31. The third-order valence-corrected chi connectivity index (χ3v) is 3.31. The van der Waals surface area contributed by atoms with E-state index in [1.165, 1.54) is 25.7 Å². The van der Waals surface area contributed by atoms with Crippen molar-refractivity contribution in [1.29, 1.82) is 0 Å². The van der Waals surface area contributed by atoms with Gasteiger partial charge in [-0.15, -0.1) is 0 Å². The van der Waals surface area contributed by atoms with E-state index in [1.54, 1.807) is 12.1 Å². The van der Waals surface area contributed by atoms with Gasteiger partial charge in [0.1, 0.15) is 0 Å². The lowest BCUT2D eigenvalue weighted by Gasteiger charge is -2.11. The topological polar surface area (TPSA) is 130 Å². The Bertz CT molecular complexity index is 528. The molecule has 3 N–H and O–H groups in total. The minimum Gasteiger partial charge on any atom is -0.473 e. The second-order valence-electron chi connectivity index (χ2n) is 4.86. The number of carbonyl (C=O) groups is 2. The Morgan fingerprint density at radius 1 is 1.18 bits per heavy atom. The normalized spacial score (nSPS) is 14.0. The Morgan fingerprint density at radius 2 is 1.73 bits per heavy atom. The first kappa shape index (κ1) is 17.6. The van der Waals surface area contributed by atoms with Gasteiger partial charge in [0.15, 0.2) is 0 Å². The fourth-order valence-corrected chi connectivity index (χ4v) is 2.22. The standard InChI is InChI=1S/C12H16N2O2.C2H2O4/c15-14(16)12-8-4-1-5-10(12)9-13-11-6-2-3-7-11;3-1(4)2(5)6/h1,4-5,8,11,13H,2-3,6-7,9H2;(H,3,4)(H,5,6). The summed E-state index contributed by atoms with van der Waals surface area (Å²) in [5.41, 5.74) is 0.993. The highest BCUT2D eigenvalue weighted by molar-refractivity contribution is 6.27. The van der Waals surface area contributed by atoms with Crippen LogP contribution in [0.1, 0.15) is 31.2 Å². The zero-order valence-corrected chi connectivity index (χ0v) is 11.9. The summed E-state index contributed by atoms with van der Waals surface area (Å²) in [5, 5.41) is 29.0. The van der Waals surface area contributed by atoms with Gasteiger partial charge in [-0.05, 0) is 12.8 Å². The number of aliphatic carboxylic acids is 2. The summed E-state index contributed by atoms with van der Waals surface area (Å²) in [6.45, 7) is 0.599. The maximum Gasteiger partial charge on any atom is 0.414 e. The van der Waals surface area contributed by atoms with Crippen LogP contribution in [-0.2, 0) is 16.1 Å². The molecule has 0 amide bonds. The largest absolute Gasteiger partial charge is 0.473 e. The van der Waals surface area contributed by atoms with Gasteiger partial charge in [-0.2, -0.15) is 0 Å². The molecule has 0 spiro atoms. The monoisotopic (exact) mass is 310 g/mol. The summed E-state index contributed by atoms with van der Waals surface area (Å²) in [4.78, 5) is 28.7. The summed E-state index contributed by atoms with van der Waals surface area (Å²) in [7, 11) is 0. The van der Waals surface area contributed by atoms with Crippen LogP contribution >= 0.6 is 0 Å². The number of hydrogen-bond donors (Lipinski definition) is 3. The van der Waals surface area contributed by atoms with Crippen molar-refractivity contribution in [3.05, 3.63) is 39.9 Å². The molecular weight excluding hydrogens is 292 g/mol. The van der Waals surface area contributed by atoms with E-state index in [0.717, 1.165) is 5.56 Å². The minimum absolute atomic E-state index is 0.216. The van der Waals surface area contributed by atoms with E-state index in [0.29, 0.717) is 12.6 Å². The number of carboxylic acid groups (broad SMARTS) is 2. The van der Waals surface area contributed by atoms with E-state index in [1.807, 2.05) is 12.1 Å². The summed E-state index contributed by atoms with van der Waals surface area (Å²) in [6, 6.07) is 7.47. The first-order valence-corrected chi connectivity index (χ1v) is 6.83. The number of rotatable bonds is 4. The molecule has 1 saturated carbocycles. The van der Waals surface area contributed by atoms with Crippen LogP contribution in [0.4, 0.5) is 5.69 Å². The molecular formula is C14H18N2O6. The molecule has 1 aliphatic carbocycles. The maximum atomic E-state index is 10.8.